The van der Waals surface area contributed by atoms with Crippen LogP contribution in [0.5, 0.6) is 0 Å². The molecule has 0 atom stereocenters. The van der Waals surface area contributed by atoms with Crippen LogP contribution in [-0.4, -0.2) is 11.0 Å². The Hall–Kier alpha value is -1.55. The number of carbonyl (C=O) groups is 1. The fraction of sp³-hybridized carbons (Fsp3) is 0.125. The van der Waals surface area contributed by atoms with Crippen LogP contribution in [0.3, 0.4) is 0 Å². The zero-order valence-corrected chi connectivity index (χ0v) is 6.60. The third kappa shape index (κ3) is 2.25. The zero-order chi connectivity index (χ0) is 8.97. The quantitative estimate of drug-likeness (QED) is 0.379. The molecule has 0 radical (unpaired) electrons. The first-order valence-corrected chi connectivity index (χ1v) is 3.56. The van der Waals surface area contributed by atoms with Crippen LogP contribution in [0.15, 0.2) is 30.3 Å². The molecule has 0 aliphatic rings. The first kappa shape index (κ1) is 8.55. The molecule has 0 spiro atoms. The van der Waals surface area contributed by atoms with Gasteiger partial charge in [0.25, 0.3) is 0 Å². The number of nitrogens with zero attached hydrogens (tertiary/aromatic N) is 1. The molecule has 0 aliphatic heterocycles. The Kier molecular flexibility index (Phi) is 2.66. The van der Waals surface area contributed by atoms with Crippen molar-refractivity contribution in [1.82, 2.24) is 5.01 Å². The predicted molar refractivity (Wildman–Crippen MR) is 45.8 cm³/mol. The van der Waals surface area contributed by atoms with Gasteiger partial charge in [-0.1, -0.05) is 30.3 Å². The van der Waals surface area contributed by atoms with Crippen molar-refractivity contribution in [3.63, 3.8) is 0 Å². The van der Waals surface area contributed by atoms with E-state index in [1.807, 2.05) is 30.3 Å². The molecule has 0 bridgehead atoms. The van der Waals surface area contributed by atoms with E-state index in [2.05, 4.69) is 0 Å². The highest BCUT2D eigenvalue weighted by Gasteiger charge is 2.02. The average molecular weight is 165 g/mol. The van der Waals surface area contributed by atoms with Crippen molar-refractivity contribution in [3.05, 3.63) is 35.9 Å². The van der Waals surface area contributed by atoms with Gasteiger partial charge in [-0.05, 0) is 5.56 Å². The van der Waals surface area contributed by atoms with Gasteiger partial charge in [0.15, 0.2) is 0 Å². The monoisotopic (exact) mass is 165 g/mol. The highest BCUT2D eigenvalue weighted by atomic mass is 16.2. The van der Waals surface area contributed by atoms with Gasteiger partial charge >= 0.3 is 6.03 Å². The average Bonchev–Trinajstić information content (AvgIpc) is 2.06. The molecule has 0 fully saturated rings. The zero-order valence-electron chi connectivity index (χ0n) is 6.60. The first-order valence-electron chi connectivity index (χ1n) is 3.56. The molecule has 0 aliphatic carbocycles. The largest absolute Gasteiger partial charge is 0.350 e. The van der Waals surface area contributed by atoms with Crippen LogP contribution >= 0.6 is 0 Å². The predicted octanol–water partition coefficient (Wildman–Crippen LogP) is 0.441. The Morgan fingerprint density at radius 3 is 2.42 bits per heavy atom. The Bertz CT molecular complexity index is 260. The third-order valence-corrected chi connectivity index (χ3v) is 1.48. The standard InChI is InChI=1S/C8H11N3O/c9-8(12)11(10)6-7-4-2-1-3-5-7/h1-5H,6,10H2,(H2,9,12). The second kappa shape index (κ2) is 3.73. The van der Waals surface area contributed by atoms with Crippen LogP contribution in [0.4, 0.5) is 4.79 Å². The van der Waals surface area contributed by atoms with E-state index in [4.69, 9.17) is 11.6 Å². The molecule has 0 heterocycles. The van der Waals surface area contributed by atoms with Gasteiger partial charge in [0, 0.05) is 0 Å². The van der Waals surface area contributed by atoms with E-state index in [9.17, 15) is 4.79 Å². The molecule has 0 aromatic heterocycles. The summed E-state index contributed by atoms with van der Waals surface area (Å²) in [5, 5.41) is 0.968. The van der Waals surface area contributed by atoms with Crippen LogP contribution in [0.1, 0.15) is 5.56 Å². The number of rotatable bonds is 2. The van der Waals surface area contributed by atoms with Crippen LogP contribution in [-0.2, 0) is 6.54 Å². The van der Waals surface area contributed by atoms with E-state index in [0.29, 0.717) is 6.54 Å². The van der Waals surface area contributed by atoms with E-state index >= 15 is 0 Å². The number of benzene rings is 1. The van der Waals surface area contributed by atoms with Gasteiger partial charge in [0.2, 0.25) is 0 Å². The number of hydrogen-bond acceptors (Lipinski definition) is 2. The lowest BCUT2D eigenvalue weighted by atomic mass is 10.2. The lowest BCUT2D eigenvalue weighted by Crippen LogP contribution is -2.40. The highest BCUT2D eigenvalue weighted by molar-refractivity contribution is 5.71. The molecule has 2 amide bonds. The highest BCUT2D eigenvalue weighted by Crippen LogP contribution is 2.00. The van der Waals surface area contributed by atoms with Crippen LogP contribution in [0.2, 0.25) is 0 Å². The molecular formula is C8H11N3O. The van der Waals surface area contributed by atoms with Crippen LogP contribution in [0.25, 0.3) is 0 Å². The van der Waals surface area contributed by atoms with Gasteiger partial charge < -0.3 is 5.73 Å². The molecule has 0 saturated heterocycles. The normalized spacial score (nSPS) is 9.42. The number of primary amides is 1. The van der Waals surface area contributed by atoms with Gasteiger partial charge in [0.1, 0.15) is 0 Å². The van der Waals surface area contributed by atoms with Gasteiger partial charge in [-0.2, -0.15) is 0 Å². The fourth-order valence-corrected chi connectivity index (χ4v) is 0.858. The number of hydrazine groups is 1. The summed E-state index contributed by atoms with van der Waals surface area (Å²) in [6.45, 7) is 0.343. The SMILES string of the molecule is NC(=O)N(N)Cc1ccccc1. The number of carbonyl (C=O) groups excluding carboxylic acids is 1. The second-order valence-electron chi connectivity index (χ2n) is 2.45. The topological polar surface area (TPSA) is 72.4 Å². The molecule has 4 heteroatoms. The Morgan fingerprint density at radius 1 is 1.33 bits per heavy atom. The number of nitrogens with two attached hydrogens (primary N) is 2. The van der Waals surface area contributed by atoms with Crippen molar-refractivity contribution in [3.8, 4) is 0 Å². The van der Waals surface area contributed by atoms with Crippen LogP contribution in [0, 0.1) is 0 Å². The van der Waals surface area contributed by atoms with Gasteiger partial charge in [-0.25, -0.2) is 10.6 Å². The minimum atomic E-state index is -0.626. The van der Waals surface area contributed by atoms with E-state index in [-0.39, 0.29) is 0 Å². The van der Waals surface area contributed by atoms with Crippen molar-refractivity contribution < 1.29 is 4.79 Å². The molecule has 1 aromatic carbocycles. The van der Waals surface area contributed by atoms with Crippen molar-refractivity contribution in [1.29, 1.82) is 0 Å². The smallest absolute Gasteiger partial charge is 0.329 e. The van der Waals surface area contributed by atoms with E-state index in [1.54, 1.807) is 0 Å². The van der Waals surface area contributed by atoms with E-state index < -0.39 is 6.03 Å². The van der Waals surface area contributed by atoms with Crippen LogP contribution < -0.4 is 11.6 Å². The number of hydrogen-bond donors (Lipinski definition) is 2. The van der Waals surface area contributed by atoms with Gasteiger partial charge in [0.05, 0.1) is 6.54 Å². The van der Waals surface area contributed by atoms with Gasteiger partial charge in [-0.15, -0.1) is 0 Å². The molecule has 1 rings (SSSR count). The van der Waals surface area contributed by atoms with E-state index in [1.165, 1.54) is 0 Å². The molecule has 12 heavy (non-hydrogen) atoms. The second-order valence-corrected chi connectivity index (χ2v) is 2.45. The third-order valence-electron chi connectivity index (χ3n) is 1.48. The lowest BCUT2D eigenvalue weighted by molar-refractivity contribution is 0.206. The maximum absolute atomic E-state index is 10.5. The molecule has 4 nitrogen and oxygen atoms in total. The summed E-state index contributed by atoms with van der Waals surface area (Å²) in [4.78, 5) is 10.5. The summed E-state index contributed by atoms with van der Waals surface area (Å²) >= 11 is 0. The van der Waals surface area contributed by atoms with Crippen molar-refractivity contribution in [2.75, 3.05) is 0 Å². The van der Waals surface area contributed by atoms with Crippen molar-refractivity contribution >= 4 is 6.03 Å². The maximum atomic E-state index is 10.5. The minimum absolute atomic E-state index is 0.343. The Labute approximate surface area is 70.7 Å². The summed E-state index contributed by atoms with van der Waals surface area (Å²) in [5.41, 5.74) is 5.90. The summed E-state index contributed by atoms with van der Waals surface area (Å²) < 4.78 is 0. The summed E-state index contributed by atoms with van der Waals surface area (Å²) in [6, 6.07) is 8.79. The number of amides is 2. The Balaban J connectivity index is 2.58. The molecule has 0 unspecified atom stereocenters. The summed E-state index contributed by atoms with van der Waals surface area (Å²) in [5.74, 6) is 5.31. The Morgan fingerprint density at radius 2 is 1.92 bits per heavy atom. The number of urea groups is 1. The molecule has 64 valence electrons. The summed E-state index contributed by atoms with van der Waals surface area (Å²) in [7, 11) is 0. The van der Waals surface area contributed by atoms with Crippen molar-refractivity contribution in [2.24, 2.45) is 11.6 Å². The molecule has 0 saturated carbocycles. The summed E-state index contributed by atoms with van der Waals surface area (Å²) in [6.07, 6.45) is 0. The molecular weight excluding hydrogens is 154 g/mol. The molecule has 4 N–H and O–H groups in total. The fourth-order valence-electron chi connectivity index (χ4n) is 0.858. The van der Waals surface area contributed by atoms with E-state index in [0.717, 1.165) is 10.6 Å². The van der Waals surface area contributed by atoms with Gasteiger partial charge in [-0.3, -0.25) is 5.01 Å². The molecule has 1 aromatic rings. The lowest BCUT2D eigenvalue weighted by Gasteiger charge is -2.12. The first-order chi connectivity index (χ1) is 5.70. The maximum Gasteiger partial charge on any atom is 0.329 e. The minimum Gasteiger partial charge on any atom is -0.350 e. The van der Waals surface area contributed by atoms with Crippen molar-refractivity contribution in [2.45, 2.75) is 6.54 Å².